The molecule has 0 bridgehead atoms. The fraction of sp³-hybridized carbons (Fsp3) is 0.500. The van der Waals surface area contributed by atoms with Crippen molar-refractivity contribution in [2.45, 2.75) is 18.4 Å². The molecule has 0 aliphatic carbocycles. The molecule has 22 heavy (non-hydrogen) atoms. The number of carboxylic acids is 3. The number of carboxylic acid groups (broad SMARTS) is 3. The summed E-state index contributed by atoms with van der Waals surface area (Å²) in [5.41, 5.74) is -2.74. The Hall–Kier alpha value is 1.23. The zero-order valence-electron chi connectivity index (χ0n) is 9.35. The first kappa shape index (κ1) is 43.6. The van der Waals surface area contributed by atoms with Gasteiger partial charge in [0.05, 0.1) is 12.8 Å². The first-order valence-corrected chi connectivity index (χ1v) is 3.95. The fourth-order valence-corrected chi connectivity index (χ4v) is 0.714. The van der Waals surface area contributed by atoms with Gasteiger partial charge in [-0.1, -0.05) is 0 Å². The Kier molecular flexibility index (Phi) is 44.0. The van der Waals surface area contributed by atoms with Crippen LogP contribution < -0.4 is 0 Å². The van der Waals surface area contributed by atoms with Crippen molar-refractivity contribution in [1.29, 1.82) is 0 Å². The summed E-state index contributed by atoms with van der Waals surface area (Å²) in [5, 5.41) is 55.3. The molecule has 120 valence electrons. The van der Waals surface area contributed by atoms with Gasteiger partial charge in [-0.05, 0) is 0 Å². The number of hydrogen-bond donors (Lipinski definition) is 7. The summed E-state index contributed by atoms with van der Waals surface area (Å²) in [5.74, 6) is -5.02. The van der Waals surface area contributed by atoms with Crippen LogP contribution in [-0.2, 0) is 14.4 Å². The summed E-state index contributed by atoms with van der Waals surface area (Å²) in [6.45, 7) is 0. The van der Waals surface area contributed by atoms with Crippen molar-refractivity contribution in [3.63, 3.8) is 0 Å². The van der Waals surface area contributed by atoms with Crippen LogP contribution >= 0.6 is 0 Å². The monoisotopic (exact) mass is 362 g/mol. The molecule has 16 heteroatoms. The van der Waals surface area contributed by atoms with Crippen molar-refractivity contribution < 1.29 is 60.8 Å². The minimum absolute atomic E-state index is 0. The van der Waals surface area contributed by atoms with Crippen LogP contribution in [0.5, 0.6) is 0 Å². The Labute approximate surface area is 191 Å². The number of carbonyl (C=O) groups is 3. The van der Waals surface area contributed by atoms with E-state index in [9.17, 15) is 14.4 Å². The number of aliphatic carboxylic acids is 3. The molecule has 12 nitrogen and oxygen atoms in total. The molecule has 0 aliphatic rings. The molecule has 11 N–H and O–H groups in total. The van der Waals surface area contributed by atoms with Crippen molar-refractivity contribution in [1.82, 2.24) is 0 Å². The predicted molar refractivity (Wildman–Crippen MR) is 78.2 cm³/mol. The van der Waals surface area contributed by atoms with E-state index >= 15 is 0 Å². The van der Waals surface area contributed by atoms with E-state index < -0.39 is 43.7 Å². The third-order valence-corrected chi connectivity index (χ3v) is 1.29. The molecule has 0 heterocycles. The Balaban J connectivity index is -0.0000000450. The summed E-state index contributed by atoms with van der Waals surface area (Å²) < 4.78 is 0. The van der Waals surface area contributed by atoms with E-state index in [2.05, 4.69) is 0 Å². The molecule has 0 aliphatic heterocycles. The van der Waals surface area contributed by atoms with Crippen LogP contribution in [0.4, 0.5) is 0 Å². The van der Waals surface area contributed by atoms with Crippen molar-refractivity contribution in [3.05, 3.63) is 0 Å². The Morgan fingerprint density at radius 2 is 0.955 bits per heavy atom. The molecule has 0 radical (unpaired) electrons. The van der Waals surface area contributed by atoms with Crippen molar-refractivity contribution in [2.75, 3.05) is 0 Å². The van der Waals surface area contributed by atoms with Crippen LogP contribution in [0.25, 0.3) is 0 Å². The molecule has 0 saturated heterocycles. The van der Waals surface area contributed by atoms with Crippen molar-refractivity contribution in [2.24, 2.45) is 0 Å². The number of aliphatic hydroxyl groups is 1. The Morgan fingerprint density at radius 3 is 1.05 bits per heavy atom. The van der Waals surface area contributed by atoms with Crippen LogP contribution in [0.15, 0.2) is 0 Å². The summed E-state index contributed by atoms with van der Waals surface area (Å²) in [6.07, 6.45) is -2.29. The SMILES string of the molecule is O.O.O=C(O)CC(O)(CC(=O)O)C(=O)O.OB(O)O.[NaH].[NaH].[NaH]. The maximum absolute atomic E-state index is 10.3. The Morgan fingerprint density at radius 1 is 0.773 bits per heavy atom. The molecule has 0 rings (SSSR count). The molecular weight excluding hydrogens is 344 g/mol. The van der Waals surface area contributed by atoms with Gasteiger partial charge in [0.1, 0.15) is 0 Å². The standard InChI is InChI=1S/C6H8O7.BH3O3.3Na.2H2O.3H/c7-3(8)1-6(13,5(11)12)2-4(9)10;2-1(3)4;;;;;;;;/h13H,1-2H2,(H,7,8)(H,9,10)(H,11,12);2-4H;;;;2*1H2;;;. The number of rotatable bonds is 5. The quantitative estimate of drug-likeness (QED) is 0.227. The molecular formula is C6H18BNa3O12. The van der Waals surface area contributed by atoms with E-state index in [0.29, 0.717) is 0 Å². The summed E-state index contributed by atoms with van der Waals surface area (Å²) in [7, 11) is -2.17. The molecule has 0 fully saturated rings. The van der Waals surface area contributed by atoms with Gasteiger partial charge in [-0.2, -0.15) is 0 Å². The summed E-state index contributed by atoms with van der Waals surface area (Å²) >= 11 is 0. The van der Waals surface area contributed by atoms with Crippen LogP contribution in [0.3, 0.4) is 0 Å². The van der Waals surface area contributed by atoms with Gasteiger partial charge in [-0.15, -0.1) is 0 Å². The average molecular weight is 362 g/mol. The van der Waals surface area contributed by atoms with E-state index in [1.54, 1.807) is 0 Å². The second kappa shape index (κ2) is 22.2. The average Bonchev–Trinajstić information content (AvgIpc) is 1.98. The van der Waals surface area contributed by atoms with Gasteiger partial charge in [0, 0.05) is 0 Å². The molecule has 0 aromatic heterocycles. The van der Waals surface area contributed by atoms with E-state index in [0.717, 1.165) is 0 Å². The van der Waals surface area contributed by atoms with Gasteiger partial charge < -0.3 is 46.5 Å². The predicted octanol–water partition coefficient (Wildman–Crippen LogP) is -6.90. The second-order valence-electron chi connectivity index (χ2n) is 2.82. The minimum atomic E-state index is -2.74. The molecule has 0 unspecified atom stereocenters. The zero-order chi connectivity index (χ0) is 14.2. The molecule has 0 spiro atoms. The molecule has 0 aromatic rings. The maximum atomic E-state index is 10.3. The van der Waals surface area contributed by atoms with E-state index in [4.69, 9.17) is 35.5 Å². The summed E-state index contributed by atoms with van der Waals surface area (Å²) in [6, 6.07) is 0. The normalized spacial score (nSPS) is 7.64. The van der Waals surface area contributed by atoms with Gasteiger partial charge in [0.25, 0.3) is 0 Å². The van der Waals surface area contributed by atoms with Crippen LogP contribution in [0, 0.1) is 0 Å². The van der Waals surface area contributed by atoms with Gasteiger partial charge in [0.2, 0.25) is 0 Å². The molecule has 0 saturated carbocycles. The third kappa shape index (κ3) is 29.3. The van der Waals surface area contributed by atoms with Gasteiger partial charge in [-0.3, -0.25) is 9.59 Å². The van der Waals surface area contributed by atoms with Crippen molar-refractivity contribution >= 4 is 114 Å². The van der Waals surface area contributed by atoms with E-state index in [1.807, 2.05) is 0 Å². The fourth-order valence-electron chi connectivity index (χ4n) is 0.714. The van der Waals surface area contributed by atoms with E-state index in [1.165, 1.54) is 0 Å². The Bertz CT molecular complexity index is 282. The third-order valence-electron chi connectivity index (χ3n) is 1.29. The van der Waals surface area contributed by atoms with Gasteiger partial charge in [-0.25, -0.2) is 4.79 Å². The topological polar surface area (TPSA) is 256 Å². The van der Waals surface area contributed by atoms with Crippen LogP contribution in [-0.4, -0.2) is 166 Å². The van der Waals surface area contributed by atoms with Gasteiger partial charge >= 0.3 is 114 Å². The number of hydrogen-bond acceptors (Lipinski definition) is 7. The molecule has 0 aromatic carbocycles. The van der Waals surface area contributed by atoms with Gasteiger partial charge in [0.15, 0.2) is 5.60 Å². The first-order chi connectivity index (χ1) is 7.51. The van der Waals surface area contributed by atoms with E-state index in [-0.39, 0.29) is 99.6 Å². The zero-order valence-corrected chi connectivity index (χ0v) is 9.35. The van der Waals surface area contributed by atoms with Crippen LogP contribution in [0.1, 0.15) is 12.8 Å². The molecule has 0 amide bonds. The summed E-state index contributed by atoms with van der Waals surface area (Å²) in [4.78, 5) is 30.5. The molecule has 0 atom stereocenters. The first-order valence-electron chi connectivity index (χ1n) is 3.95. The second-order valence-corrected chi connectivity index (χ2v) is 2.82. The van der Waals surface area contributed by atoms with Crippen molar-refractivity contribution in [3.8, 4) is 0 Å². The van der Waals surface area contributed by atoms with Crippen LogP contribution in [0.2, 0.25) is 0 Å².